The van der Waals surface area contributed by atoms with Crippen LogP contribution in [0.25, 0.3) is 22.6 Å². The number of benzene rings is 2. The van der Waals surface area contributed by atoms with Crippen molar-refractivity contribution in [1.82, 2.24) is 19.9 Å². The van der Waals surface area contributed by atoms with E-state index in [-0.39, 0.29) is 11.5 Å². The van der Waals surface area contributed by atoms with Crippen LogP contribution in [0, 0.1) is 11.6 Å². The molecule has 0 atom stereocenters. The Morgan fingerprint density at radius 2 is 1.90 bits per heavy atom. The number of hydrogen-bond donors (Lipinski definition) is 2. The van der Waals surface area contributed by atoms with Crippen LogP contribution in [0.15, 0.2) is 65.3 Å². The predicted octanol–water partition coefficient (Wildman–Crippen LogP) is 5.35. The topological polar surface area (TPSA) is 71.8 Å². The van der Waals surface area contributed by atoms with Gasteiger partial charge in [-0.15, -0.1) is 0 Å². The maximum absolute atomic E-state index is 13.9. The first-order chi connectivity index (χ1) is 15.0. The lowest BCUT2D eigenvalue weighted by molar-refractivity contribution is 0.251. The first kappa shape index (κ1) is 20.9. The molecular formula is C22H18BrF2N5O. The first-order valence-electron chi connectivity index (χ1n) is 9.58. The van der Waals surface area contributed by atoms with Crippen LogP contribution in [0.5, 0.6) is 0 Å². The summed E-state index contributed by atoms with van der Waals surface area (Å²) < 4.78 is 29.7. The molecule has 0 bridgehead atoms. The summed E-state index contributed by atoms with van der Waals surface area (Å²) in [5.74, 6) is -0.165. The molecular weight excluding hydrogens is 468 g/mol. The second-order valence-corrected chi connectivity index (χ2v) is 7.71. The molecule has 2 amide bonds. The van der Waals surface area contributed by atoms with Gasteiger partial charge in [0.15, 0.2) is 5.65 Å². The molecule has 0 saturated heterocycles. The third-order valence-electron chi connectivity index (χ3n) is 4.63. The number of pyridine rings is 1. The molecule has 0 aliphatic rings. The Labute approximate surface area is 185 Å². The van der Waals surface area contributed by atoms with Crippen LogP contribution in [-0.4, -0.2) is 27.1 Å². The third kappa shape index (κ3) is 4.88. The number of aryl methyl sites for hydroxylation is 1. The number of carbonyl (C=O) groups is 1. The highest BCUT2D eigenvalue weighted by atomic mass is 79.9. The van der Waals surface area contributed by atoms with Gasteiger partial charge in [0, 0.05) is 29.3 Å². The van der Waals surface area contributed by atoms with E-state index >= 15 is 0 Å². The van der Waals surface area contributed by atoms with E-state index in [1.165, 1.54) is 24.3 Å². The lowest BCUT2D eigenvalue weighted by Gasteiger charge is -2.11. The number of nitrogens with zero attached hydrogens (tertiary/aromatic N) is 3. The molecule has 0 fully saturated rings. The zero-order chi connectivity index (χ0) is 21.8. The summed E-state index contributed by atoms with van der Waals surface area (Å²) >= 11 is 3.18. The highest BCUT2D eigenvalue weighted by Gasteiger charge is 2.14. The highest BCUT2D eigenvalue weighted by molar-refractivity contribution is 9.10. The first-order valence-corrected chi connectivity index (χ1v) is 10.4. The molecule has 2 N–H and O–H groups in total. The molecule has 2 heterocycles. The van der Waals surface area contributed by atoms with Crippen molar-refractivity contribution in [2.45, 2.75) is 13.0 Å². The van der Waals surface area contributed by atoms with Gasteiger partial charge >= 0.3 is 6.03 Å². The monoisotopic (exact) mass is 485 g/mol. The van der Waals surface area contributed by atoms with Gasteiger partial charge < -0.3 is 15.2 Å². The van der Waals surface area contributed by atoms with Crippen LogP contribution in [0.3, 0.4) is 0 Å². The van der Waals surface area contributed by atoms with Gasteiger partial charge in [-0.05, 0) is 61.0 Å². The van der Waals surface area contributed by atoms with E-state index < -0.39 is 11.8 Å². The predicted molar refractivity (Wildman–Crippen MR) is 119 cm³/mol. The fourth-order valence-electron chi connectivity index (χ4n) is 3.19. The normalized spacial score (nSPS) is 10.9. The van der Waals surface area contributed by atoms with Crippen molar-refractivity contribution in [3.63, 3.8) is 0 Å². The van der Waals surface area contributed by atoms with Crippen molar-refractivity contribution in [2.24, 2.45) is 0 Å². The molecule has 2 aromatic heterocycles. The van der Waals surface area contributed by atoms with Gasteiger partial charge in [0.2, 0.25) is 0 Å². The van der Waals surface area contributed by atoms with Crippen LogP contribution in [-0.2, 0) is 6.54 Å². The van der Waals surface area contributed by atoms with E-state index in [0.29, 0.717) is 35.5 Å². The largest absolute Gasteiger partial charge is 0.338 e. The minimum absolute atomic E-state index is 0.101. The smallest absolute Gasteiger partial charge is 0.319 e. The number of amides is 2. The summed E-state index contributed by atoms with van der Waals surface area (Å²) in [6.45, 7) is 0.895. The van der Waals surface area contributed by atoms with Gasteiger partial charge in [-0.25, -0.2) is 23.5 Å². The number of halogens is 3. The minimum atomic E-state index is -0.524. The maximum atomic E-state index is 13.9. The van der Waals surface area contributed by atoms with Crippen LogP contribution in [0.1, 0.15) is 6.42 Å². The Morgan fingerprint density at radius 1 is 1.10 bits per heavy atom. The summed E-state index contributed by atoms with van der Waals surface area (Å²) in [7, 11) is 0. The van der Waals surface area contributed by atoms with Gasteiger partial charge in [0.1, 0.15) is 23.0 Å². The van der Waals surface area contributed by atoms with Crippen molar-refractivity contribution >= 4 is 38.8 Å². The molecule has 0 aliphatic heterocycles. The Kier molecular flexibility index (Phi) is 6.22. The fraction of sp³-hybridized carbons (Fsp3) is 0.136. The number of urea groups is 1. The number of carbonyl (C=O) groups excluding carboxylic acids is 1. The molecule has 0 saturated carbocycles. The SMILES string of the molecule is O=C(NCCCn1c(-c2ccc(F)cc2)nc2cccnc21)Nc1ccc(Br)cc1F. The number of nitrogens with one attached hydrogen (secondary N) is 2. The van der Waals surface area contributed by atoms with E-state index in [1.54, 1.807) is 30.5 Å². The summed E-state index contributed by atoms with van der Waals surface area (Å²) in [5, 5.41) is 5.21. The lowest BCUT2D eigenvalue weighted by atomic mass is 10.2. The minimum Gasteiger partial charge on any atom is -0.338 e. The summed E-state index contributed by atoms with van der Waals surface area (Å²) in [4.78, 5) is 21.1. The molecule has 4 rings (SSSR count). The van der Waals surface area contributed by atoms with Crippen LogP contribution in [0.4, 0.5) is 19.3 Å². The molecule has 0 unspecified atom stereocenters. The molecule has 0 aliphatic carbocycles. The van der Waals surface area contributed by atoms with Crippen LogP contribution >= 0.6 is 15.9 Å². The number of aromatic nitrogens is 3. The van der Waals surface area contributed by atoms with E-state index in [9.17, 15) is 13.6 Å². The quantitative estimate of drug-likeness (QED) is 0.361. The maximum Gasteiger partial charge on any atom is 0.319 e. The number of anilines is 1. The Balaban J connectivity index is 1.42. The summed E-state index contributed by atoms with van der Waals surface area (Å²) in [5.41, 5.74) is 2.32. The van der Waals surface area contributed by atoms with Gasteiger partial charge in [-0.2, -0.15) is 0 Å². The van der Waals surface area contributed by atoms with E-state index in [2.05, 4.69) is 36.5 Å². The van der Waals surface area contributed by atoms with Crippen molar-refractivity contribution in [3.05, 3.63) is 76.9 Å². The van der Waals surface area contributed by atoms with E-state index in [0.717, 1.165) is 11.1 Å². The van der Waals surface area contributed by atoms with Crippen LogP contribution in [0.2, 0.25) is 0 Å². The second kappa shape index (κ2) is 9.22. The van der Waals surface area contributed by atoms with Gasteiger partial charge in [-0.3, -0.25) is 0 Å². The van der Waals surface area contributed by atoms with Gasteiger partial charge in [-0.1, -0.05) is 15.9 Å². The highest BCUT2D eigenvalue weighted by Crippen LogP contribution is 2.24. The Morgan fingerprint density at radius 3 is 2.68 bits per heavy atom. The summed E-state index contributed by atoms with van der Waals surface area (Å²) in [6.07, 6.45) is 2.28. The molecule has 2 aromatic carbocycles. The fourth-order valence-corrected chi connectivity index (χ4v) is 3.52. The lowest BCUT2D eigenvalue weighted by Crippen LogP contribution is -2.30. The average Bonchev–Trinajstić information content (AvgIpc) is 3.12. The number of fused-ring (bicyclic) bond motifs is 1. The van der Waals surface area contributed by atoms with Crippen molar-refractivity contribution in [1.29, 1.82) is 0 Å². The molecule has 9 heteroatoms. The van der Waals surface area contributed by atoms with Crippen molar-refractivity contribution in [3.8, 4) is 11.4 Å². The van der Waals surface area contributed by atoms with Gasteiger partial charge in [0.05, 0.1) is 5.69 Å². The molecule has 0 radical (unpaired) electrons. The average molecular weight is 486 g/mol. The Bertz CT molecular complexity index is 1230. The van der Waals surface area contributed by atoms with Crippen molar-refractivity contribution in [2.75, 3.05) is 11.9 Å². The van der Waals surface area contributed by atoms with E-state index in [4.69, 9.17) is 0 Å². The van der Waals surface area contributed by atoms with E-state index in [1.807, 2.05) is 10.6 Å². The Hall–Kier alpha value is -3.33. The zero-order valence-electron chi connectivity index (χ0n) is 16.3. The molecule has 158 valence electrons. The zero-order valence-corrected chi connectivity index (χ0v) is 17.9. The molecule has 0 spiro atoms. The number of hydrogen-bond acceptors (Lipinski definition) is 3. The standard InChI is InChI=1S/C22H18BrF2N5O/c23-15-6-9-18(17(25)13-15)29-22(31)27-11-2-12-30-20(14-4-7-16(24)8-5-14)28-19-3-1-10-26-21(19)30/h1,3-10,13H,2,11-12H2,(H2,27,29,31). The van der Waals surface area contributed by atoms with Crippen LogP contribution < -0.4 is 10.6 Å². The number of rotatable bonds is 6. The van der Waals surface area contributed by atoms with Crippen molar-refractivity contribution < 1.29 is 13.6 Å². The second-order valence-electron chi connectivity index (χ2n) is 6.80. The molecule has 31 heavy (non-hydrogen) atoms. The van der Waals surface area contributed by atoms with Gasteiger partial charge in [0.25, 0.3) is 0 Å². The molecule has 4 aromatic rings. The summed E-state index contributed by atoms with van der Waals surface area (Å²) in [6, 6.07) is 13.7. The molecule has 6 nitrogen and oxygen atoms in total. The third-order valence-corrected chi connectivity index (χ3v) is 5.12. The number of imidazole rings is 1.